The molecule has 0 saturated heterocycles. The molecule has 0 amide bonds. The molecule has 0 radical (unpaired) electrons. The van der Waals surface area contributed by atoms with Crippen LogP contribution >= 0.6 is 0 Å². The fourth-order valence-electron chi connectivity index (χ4n) is 0.226. The maximum Gasteiger partial charge on any atom is 0.397 e. The molecule has 0 spiro atoms. The van der Waals surface area contributed by atoms with E-state index in [0.29, 0.717) is 0 Å². The van der Waals surface area contributed by atoms with E-state index in [0.717, 1.165) is 0 Å². The Labute approximate surface area is 60.1 Å². The zero-order valence-corrected chi connectivity index (χ0v) is 6.68. The first-order chi connectivity index (χ1) is 4.21. The Morgan fingerprint density at radius 1 is 1.60 bits per heavy atom. The minimum absolute atomic E-state index is 0.230. The molecule has 10 heavy (non-hydrogen) atoms. The zero-order valence-electron chi connectivity index (χ0n) is 5.86. The average Bonchev–Trinajstić information content (AvgIpc) is 1.57. The Hall–Kier alpha value is -0.170. The SMILES string of the molecule is CC(C)(N)COS(=O)(=O)O. The van der Waals surface area contributed by atoms with Crippen LogP contribution in [-0.4, -0.2) is 25.1 Å². The first-order valence-electron chi connectivity index (χ1n) is 2.61. The van der Waals surface area contributed by atoms with Gasteiger partial charge in [0.05, 0.1) is 6.61 Å². The molecular formula is C4H11NO4S. The second-order valence-electron chi connectivity index (χ2n) is 2.68. The van der Waals surface area contributed by atoms with E-state index in [1.807, 2.05) is 0 Å². The van der Waals surface area contributed by atoms with E-state index in [1.165, 1.54) is 0 Å². The summed E-state index contributed by atoms with van der Waals surface area (Å²) in [4.78, 5) is 0. The van der Waals surface area contributed by atoms with Crippen molar-refractivity contribution in [2.24, 2.45) is 5.73 Å². The molecule has 6 heteroatoms. The third kappa shape index (κ3) is 7.83. The van der Waals surface area contributed by atoms with Gasteiger partial charge >= 0.3 is 10.4 Å². The zero-order chi connectivity index (χ0) is 8.41. The van der Waals surface area contributed by atoms with E-state index in [4.69, 9.17) is 10.3 Å². The molecule has 62 valence electrons. The summed E-state index contributed by atoms with van der Waals surface area (Å²) in [7, 11) is -4.34. The molecule has 0 aliphatic carbocycles. The molecule has 0 saturated carbocycles. The minimum atomic E-state index is -4.34. The second-order valence-corrected chi connectivity index (χ2v) is 3.77. The van der Waals surface area contributed by atoms with Crippen LogP contribution in [0.5, 0.6) is 0 Å². The molecule has 0 fully saturated rings. The smallest absolute Gasteiger partial charge is 0.324 e. The maximum atomic E-state index is 9.96. The number of hydrogen-bond donors (Lipinski definition) is 2. The van der Waals surface area contributed by atoms with Gasteiger partial charge in [0.1, 0.15) is 0 Å². The number of hydrogen-bond acceptors (Lipinski definition) is 4. The van der Waals surface area contributed by atoms with Crippen LogP contribution < -0.4 is 5.73 Å². The molecule has 5 nitrogen and oxygen atoms in total. The van der Waals surface area contributed by atoms with Crippen LogP contribution in [0.4, 0.5) is 0 Å². The molecule has 0 bridgehead atoms. The highest BCUT2D eigenvalue weighted by Crippen LogP contribution is 1.98. The molecule has 0 unspecified atom stereocenters. The van der Waals surface area contributed by atoms with Gasteiger partial charge in [0.2, 0.25) is 0 Å². The summed E-state index contributed by atoms with van der Waals surface area (Å²) < 4.78 is 32.0. The number of rotatable bonds is 3. The Balaban J connectivity index is 3.79. The third-order valence-electron chi connectivity index (χ3n) is 0.580. The van der Waals surface area contributed by atoms with Crippen LogP contribution in [0.15, 0.2) is 0 Å². The van der Waals surface area contributed by atoms with Crippen LogP contribution in [0, 0.1) is 0 Å². The van der Waals surface area contributed by atoms with Gasteiger partial charge in [-0.3, -0.25) is 4.55 Å². The molecular weight excluding hydrogens is 158 g/mol. The Morgan fingerprint density at radius 2 is 2.00 bits per heavy atom. The van der Waals surface area contributed by atoms with E-state index >= 15 is 0 Å². The van der Waals surface area contributed by atoms with Crippen LogP contribution in [0.3, 0.4) is 0 Å². The van der Waals surface area contributed by atoms with Crippen LogP contribution in [0.2, 0.25) is 0 Å². The van der Waals surface area contributed by atoms with Gasteiger partial charge in [-0.15, -0.1) is 0 Å². The van der Waals surface area contributed by atoms with Crippen LogP contribution in [0.25, 0.3) is 0 Å². The molecule has 0 atom stereocenters. The summed E-state index contributed by atoms with van der Waals surface area (Å²) >= 11 is 0. The van der Waals surface area contributed by atoms with Gasteiger partial charge in [-0.25, -0.2) is 4.18 Å². The Bertz CT molecular complexity index is 190. The minimum Gasteiger partial charge on any atom is -0.324 e. The molecule has 0 aromatic carbocycles. The fourth-order valence-corrected chi connectivity index (χ4v) is 0.679. The van der Waals surface area contributed by atoms with Crippen molar-refractivity contribution in [1.29, 1.82) is 0 Å². The van der Waals surface area contributed by atoms with Gasteiger partial charge < -0.3 is 5.73 Å². The van der Waals surface area contributed by atoms with Gasteiger partial charge in [0, 0.05) is 5.54 Å². The van der Waals surface area contributed by atoms with E-state index in [-0.39, 0.29) is 6.61 Å². The predicted octanol–water partition coefficient (Wildman–Crippen LogP) is -0.457. The van der Waals surface area contributed by atoms with Crippen molar-refractivity contribution >= 4 is 10.4 Å². The maximum absolute atomic E-state index is 9.96. The number of nitrogens with two attached hydrogens (primary N) is 1. The predicted molar refractivity (Wildman–Crippen MR) is 35.8 cm³/mol. The van der Waals surface area contributed by atoms with Crippen molar-refractivity contribution in [2.45, 2.75) is 19.4 Å². The van der Waals surface area contributed by atoms with Crippen molar-refractivity contribution < 1.29 is 17.2 Å². The van der Waals surface area contributed by atoms with Crippen molar-refractivity contribution in [3.8, 4) is 0 Å². The molecule has 0 aliphatic heterocycles. The lowest BCUT2D eigenvalue weighted by atomic mass is 10.1. The first-order valence-corrected chi connectivity index (χ1v) is 3.98. The average molecular weight is 169 g/mol. The normalized spacial score (nSPS) is 13.6. The van der Waals surface area contributed by atoms with E-state index in [2.05, 4.69) is 4.18 Å². The Kier molecular flexibility index (Phi) is 2.78. The van der Waals surface area contributed by atoms with Crippen LogP contribution in [0.1, 0.15) is 13.8 Å². The fraction of sp³-hybridized carbons (Fsp3) is 1.00. The van der Waals surface area contributed by atoms with E-state index < -0.39 is 15.9 Å². The third-order valence-corrected chi connectivity index (χ3v) is 0.996. The van der Waals surface area contributed by atoms with Crippen LogP contribution in [-0.2, 0) is 14.6 Å². The summed E-state index contributed by atoms with van der Waals surface area (Å²) in [6.07, 6.45) is 0. The highest BCUT2D eigenvalue weighted by molar-refractivity contribution is 7.80. The summed E-state index contributed by atoms with van der Waals surface area (Å²) in [6.45, 7) is 2.93. The van der Waals surface area contributed by atoms with Crippen molar-refractivity contribution in [3.63, 3.8) is 0 Å². The molecule has 0 rings (SSSR count). The van der Waals surface area contributed by atoms with E-state index in [1.54, 1.807) is 13.8 Å². The highest BCUT2D eigenvalue weighted by atomic mass is 32.3. The van der Waals surface area contributed by atoms with E-state index in [9.17, 15) is 8.42 Å². The van der Waals surface area contributed by atoms with Gasteiger partial charge in [-0.2, -0.15) is 8.42 Å². The summed E-state index contributed by atoms with van der Waals surface area (Å²) in [5.41, 5.74) is 4.59. The van der Waals surface area contributed by atoms with Crippen molar-refractivity contribution in [3.05, 3.63) is 0 Å². The summed E-state index contributed by atoms with van der Waals surface area (Å²) in [5, 5.41) is 0. The molecule has 0 aliphatic rings. The lowest BCUT2D eigenvalue weighted by Gasteiger charge is -2.15. The standard InChI is InChI=1S/C4H11NO4S/c1-4(2,5)3-9-10(6,7)8/h3,5H2,1-2H3,(H,6,7,8). The second kappa shape index (κ2) is 2.83. The van der Waals surface area contributed by atoms with Crippen molar-refractivity contribution in [1.82, 2.24) is 0 Å². The molecule has 3 N–H and O–H groups in total. The molecule has 0 aromatic heterocycles. The quantitative estimate of drug-likeness (QED) is 0.558. The largest absolute Gasteiger partial charge is 0.397 e. The summed E-state index contributed by atoms with van der Waals surface area (Å²) in [6, 6.07) is 0. The first kappa shape index (κ1) is 9.83. The Morgan fingerprint density at radius 3 is 2.10 bits per heavy atom. The van der Waals surface area contributed by atoms with Gasteiger partial charge in [-0.1, -0.05) is 0 Å². The summed E-state index contributed by atoms with van der Waals surface area (Å²) in [5.74, 6) is 0. The lowest BCUT2D eigenvalue weighted by molar-refractivity contribution is 0.218. The van der Waals surface area contributed by atoms with Gasteiger partial charge in [0.25, 0.3) is 0 Å². The monoisotopic (exact) mass is 169 g/mol. The van der Waals surface area contributed by atoms with Crippen molar-refractivity contribution in [2.75, 3.05) is 6.61 Å². The topological polar surface area (TPSA) is 89.6 Å². The van der Waals surface area contributed by atoms with Gasteiger partial charge in [0.15, 0.2) is 0 Å². The lowest BCUT2D eigenvalue weighted by Crippen LogP contribution is -2.38. The molecule has 0 aromatic rings. The van der Waals surface area contributed by atoms with Gasteiger partial charge in [-0.05, 0) is 13.8 Å². The molecule has 0 heterocycles. The highest BCUT2D eigenvalue weighted by Gasteiger charge is 2.15.